The molecule has 170 valence electrons. The molecule has 1 aromatic carbocycles. The van der Waals surface area contributed by atoms with Gasteiger partial charge in [0.15, 0.2) is 0 Å². The Morgan fingerprint density at radius 1 is 1.06 bits per heavy atom. The van der Waals surface area contributed by atoms with E-state index in [2.05, 4.69) is 5.32 Å². The maximum Gasteiger partial charge on any atom is 0.254 e. The zero-order valence-corrected chi connectivity index (χ0v) is 18.6. The Kier molecular flexibility index (Phi) is 8.04. The number of hydrogen-bond acceptors (Lipinski definition) is 3. The molecule has 2 fully saturated rings. The first-order valence-electron chi connectivity index (χ1n) is 11.6. The topological polar surface area (TPSA) is 69.7 Å². The Morgan fingerprint density at radius 3 is 2.26 bits per heavy atom. The van der Waals surface area contributed by atoms with Crippen LogP contribution in [0, 0.1) is 17.7 Å². The van der Waals surface area contributed by atoms with Gasteiger partial charge < -0.3 is 15.1 Å². The van der Waals surface area contributed by atoms with Gasteiger partial charge >= 0.3 is 0 Å². The number of hydrogen-bond donors (Lipinski definition) is 1. The molecule has 3 amide bonds. The van der Waals surface area contributed by atoms with Crippen LogP contribution in [0.5, 0.6) is 0 Å². The molecule has 3 rings (SSSR count). The number of rotatable bonds is 7. The number of carbonyl (C=O) groups is 3. The summed E-state index contributed by atoms with van der Waals surface area (Å²) in [5.74, 6) is -1.03. The molecule has 0 bridgehead atoms. The minimum atomic E-state index is -0.726. The van der Waals surface area contributed by atoms with Crippen LogP contribution in [-0.4, -0.2) is 59.7 Å². The summed E-state index contributed by atoms with van der Waals surface area (Å²) in [5.41, 5.74) is -0.0614. The van der Waals surface area contributed by atoms with Gasteiger partial charge in [0.05, 0.1) is 5.56 Å². The highest BCUT2D eigenvalue weighted by Gasteiger charge is 2.37. The van der Waals surface area contributed by atoms with Crippen molar-refractivity contribution < 1.29 is 18.8 Å². The number of likely N-dealkylation sites (tertiary alicyclic amines) is 1. The van der Waals surface area contributed by atoms with Gasteiger partial charge in [-0.05, 0) is 57.6 Å². The zero-order chi connectivity index (χ0) is 22.4. The van der Waals surface area contributed by atoms with E-state index in [9.17, 15) is 18.8 Å². The first-order valence-corrected chi connectivity index (χ1v) is 11.6. The van der Waals surface area contributed by atoms with Crippen LogP contribution in [0.4, 0.5) is 4.39 Å². The second-order valence-corrected chi connectivity index (χ2v) is 8.59. The van der Waals surface area contributed by atoms with Crippen LogP contribution >= 0.6 is 0 Å². The van der Waals surface area contributed by atoms with Crippen LogP contribution in [0.3, 0.4) is 0 Å². The minimum absolute atomic E-state index is 0.0614. The fourth-order valence-electron chi connectivity index (χ4n) is 4.86. The Morgan fingerprint density at radius 2 is 1.68 bits per heavy atom. The number of benzene rings is 1. The fraction of sp³-hybridized carbons (Fsp3) is 0.625. The molecule has 1 unspecified atom stereocenters. The van der Waals surface area contributed by atoms with E-state index in [1.165, 1.54) is 18.2 Å². The summed E-state index contributed by atoms with van der Waals surface area (Å²) >= 11 is 0. The predicted octanol–water partition coefficient (Wildman–Crippen LogP) is 3.22. The van der Waals surface area contributed by atoms with E-state index < -0.39 is 17.8 Å². The summed E-state index contributed by atoms with van der Waals surface area (Å²) in [6.07, 6.45) is 5.48. The average molecular weight is 432 g/mol. The summed E-state index contributed by atoms with van der Waals surface area (Å²) in [6.45, 7) is 6.08. The summed E-state index contributed by atoms with van der Waals surface area (Å²) < 4.78 is 14.1. The van der Waals surface area contributed by atoms with E-state index in [1.807, 2.05) is 18.7 Å². The summed E-state index contributed by atoms with van der Waals surface area (Å²) in [4.78, 5) is 42.4. The number of halogens is 1. The first kappa shape index (κ1) is 23.2. The summed E-state index contributed by atoms with van der Waals surface area (Å²) in [6, 6.07) is 5.07. The minimum Gasteiger partial charge on any atom is -0.342 e. The summed E-state index contributed by atoms with van der Waals surface area (Å²) in [5, 5.41) is 2.82. The SMILES string of the molecule is CCN(CC)C(=O)C(NC(=O)c1ccccc1F)C1CCN(C(=O)C2CCCC2)CC1. The van der Waals surface area contributed by atoms with Crippen LogP contribution in [0.1, 0.15) is 62.7 Å². The molecule has 0 radical (unpaired) electrons. The largest absolute Gasteiger partial charge is 0.342 e. The number of nitrogens with one attached hydrogen (secondary N) is 1. The van der Waals surface area contributed by atoms with Crippen molar-refractivity contribution in [1.82, 2.24) is 15.1 Å². The van der Waals surface area contributed by atoms with Crippen molar-refractivity contribution in [2.75, 3.05) is 26.2 Å². The van der Waals surface area contributed by atoms with E-state index >= 15 is 0 Å². The third-order valence-corrected chi connectivity index (χ3v) is 6.77. The van der Waals surface area contributed by atoms with Crippen LogP contribution in [0.2, 0.25) is 0 Å². The molecule has 2 aliphatic rings. The number of carbonyl (C=O) groups excluding carboxylic acids is 3. The van der Waals surface area contributed by atoms with Crippen LogP contribution in [-0.2, 0) is 9.59 Å². The van der Waals surface area contributed by atoms with Crippen LogP contribution in [0.25, 0.3) is 0 Å². The van der Waals surface area contributed by atoms with Gasteiger partial charge in [0.2, 0.25) is 11.8 Å². The molecule has 1 saturated heterocycles. The van der Waals surface area contributed by atoms with Gasteiger partial charge in [-0.25, -0.2) is 4.39 Å². The molecule has 31 heavy (non-hydrogen) atoms. The van der Waals surface area contributed by atoms with E-state index in [0.29, 0.717) is 39.0 Å². The quantitative estimate of drug-likeness (QED) is 0.721. The van der Waals surface area contributed by atoms with Crippen molar-refractivity contribution in [3.05, 3.63) is 35.6 Å². The van der Waals surface area contributed by atoms with Gasteiger partial charge in [0, 0.05) is 32.1 Å². The smallest absolute Gasteiger partial charge is 0.254 e. The molecular weight excluding hydrogens is 397 g/mol. The highest BCUT2D eigenvalue weighted by Crippen LogP contribution is 2.29. The predicted molar refractivity (Wildman–Crippen MR) is 117 cm³/mol. The van der Waals surface area contributed by atoms with Crippen molar-refractivity contribution in [1.29, 1.82) is 0 Å². The molecule has 1 aromatic rings. The fourth-order valence-corrected chi connectivity index (χ4v) is 4.86. The Labute approximate surface area is 184 Å². The van der Waals surface area contributed by atoms with Gasteiger partial charge in [-0.2, -0.15) is 0 Å². The molecule has 1 saturated carbocycles. The normalized spacial score (nSPS) is 18.6. The number of amides is 3. The third-order valence-electron chi connectivity index (χ3n) is 6.77. The third kappa shape index (κ3) is 5.43. The Balaban J connectivity index is 1.71. The van der Waals surface area contributed by atoms with Crippen molar-refractivity contribution >= 4 is 17.7 Å². The molecule has 1 aliphatic heterocycles. The lowest BCUT2D eigenvalue weighted by molar-refractivity contribution is -0.138. The van der Waals surface area contributed by atoms with Crippen molar-refractivity contribution in [3.8, 4) is 0 Å². The molecule has 7 heteroatoms. The lowest BCUT2D eigenvalue weighted by Gasteiger charge is -2.38. The van der Waals surface area contributed by atoms with Crippen molar-refractivity contribution in [3.63, 3.8) is 0 Å². The molecule has 1 heterocycles. The van der Waals surface area contributed by atoms with Gasteiger partial charge in [-0.15, -0.1) is 0 Å². The van der Waals surface area contributed by atoms with Gasteiger partial charge in [0.25, 0.3) is 5.91 Å². The van der Waals surface area contributed by atoms with E-state index in [1.54, 1.807) is 11.0 Å². The average Bonchev–Trinajstić information content (AvgIpc) is 3.33. The molecule has 1 atom stereocenters. The van der Waals surface area contributed by atoms with Gasteiger partial charge in [-0.1, -0.05) is 25.0 Å². The number of nitrogens with zero attached hydrogens (tertiary/aromatic N) is 2. The van der Waals surface area contributed by atoms with E-state index in [0.717, 1.165) is 25.7 Å². The molecule has 6 nitrogen and oxygen atoms in total. The maximum atomic E-state index is 14.1. The van der Waals surface area contributed by atoms with Crippen LogP contribution < -0.4 is 5.32 Å². The highest BCUT2D eigenvalue weighted by atomic mass is 19.1. The number of piperidine rings is 1. The molecule has 0 aromatic heterocycles. The van der Waals surface area contributed by atoms with Crippen molar-refractivity contribution in [2.24, 2.45) is 11.8 Å². The second kappa shape index (κ2) is 10.7. The van der Waals surface area contributed by atoms with E-state index in [4.69, 9.17) is 0 Å². The zero-order valence-electron chi connectivity index (χ0n) is 18.6. The highest BCUT2D eigenvalue weighted by molar-refractivity contribution is 5.97. The van der Waals surface area contributed by atoms with Gasteiger partial charge in [0.1, 0.15) is 11.9 Å². The van der Waals surface area contributed by atoms with E-state index in [-0.39, 0.29) is 29.2 Å². The molecule has 1 N–H and O–H groups in total. The number of likely N-dealkylation sites (N-methyl/N-ethyl adjacent to an activating group) is 1. The van der Waals surface area contributed by atoms with Gasteiger partial charge in [-0.3, -0.25) is 14.4 Å². The Hall–Kier alpha value is -2.44. The first-order chi connectivity index (χ1) is 15.0. The summed E-state index contributed by atoms with van der Waals surface area (Å²) in [7, 11) is 0. The van der Waals surface area contributed by atoms with Crippen LogP contribution in [0.15, 0.2) is 24.3 Å². The van der Waals surface area contributed by atoms with Crippen molar-refractivity contribution in [2.45, 2.75) is 58.4 Å². The molecular formula is C24H34FN3O3. The Bertz CT molecular complexity index is 782. The standard InChI is InChI=1S/C24H34FN3O3/c1-3-27(4-2)24(31)21(26-22(29)19-11-7-8-12-20(19)25)17-13-15-28(16-14-17)23(30)18-9-5-6-10-18/h7-8,11-12,17-18,21H,3-6,9-10,13-16H2,1-2H3,(H,26,29). The molecule has 1 aliphatic carbocycles. The second-order valence-electron chi connectivity index (χ2n) is 8.59. The molecule has 0 spiro atoms. The monoisotopic (exact) mass is 431 g/mol. The maximum absolute atomic E-state index is 14.1. The lowest BCUT2D eigenvalue weighted by atomic mass is 9.87. The lowest BCUT2D eigenvalue weighted by Crippen LogP contribution is -2.55.